The fraction of sp³-hybridized carbons (Fsp3) is 0.308. The molecule has 0 bridgehead atoms. The summed E-state index contributed by atoms with van der Waals surface area (Å²) in [5.41, 5.74) is -0.855. The van der Waals surface area contributed by atoms with Crippen molar-refractivity contribution >= 4 is 22.6 Å². The van der Waals surface area contributed by atoms with Crippen LogP contribution in [0.4, 0.5) is 19.0 Å². The van der Waals surface area contributed by atoms with Gasteiger partial charge < -0.3 is 19.7 Å². The molecule has 2 aromatic heterocycles. The van der Waals surface area contributed by atoms with Gasteiger partial charge in [0, 0.05) is 31.0 Å². The highest BCUT2D eigenvalue weighted by molar-refractivity contribution is 6.08. The van der Waals surface area contributed by atoms with E-state index in [1.165, 1.54) is 12.4 Å². The smallest absolute Gasteiger partial charge is 0.417 e. The van der Waals surface area contributed by atoms with Gasteiger partial charge in [-0.1, -0.05) is 12.1 Å². The Morgan fingerprint density at radius 1 is 1.05 bits per heavy atom. The maximum absolute atomic E-state index is 13.2. The van der Waals surface area contributed by atoms with Crippen molar-refractivity contribution in [3.63, 3.8) is 0 Å². The van der Waals surface area contributed by atoms with E-state index in [0.29, 0.717) is 22.6 Å². The molecule has 2 aromatic carbocycles. The molecule has 0 aliphatic carbocycles. The Morgan fingerprint density at radius 2 is 1.73 bits per heavy atom. The number of aromatic nitrogens is 4. The Kier molecular flexibility index (Phi) is 6.32. The van der Waals surface area contributed by atoms with E-state index in [1.54, 1.807) is 29.2 Å². The molecular formula is C26H24F3N5O3. The van der Waals surface area contributed by atoms with Gasteiger partial charge in [0.05, 0.1) is 11.0 Å². The first kappa shape index (κ1) is 24.7. The molecule has 1 saturated heterocycles. The zero-order chi connectivity index (χ0) is 26.2. The molecule has 192 valence electrons. The van der Waals surface area contributed by atoms with E-state index in [4.69, 9.17) is 4.74 Å². The number of fused-ring (bicyclic) bond motifs is 1. The summed E-state index contributed by atoms with van der Waals surface area (Å²) in [4.78, 5) is 30.6. The normalized spacial score (nSPS) is 16.5. The van der Waals surface area contributed by atoms with Gasteiger partial charge in [-0.2, -0.15) is 13.2 Å². The minimum absolute atomic E-state index is 0.140. The standard InChI is InChI=1S/C26H24F3N5O3/c1-25(36,26(27,28)29)17-10-14-34(15-11-17)23-24(31-13-12-30-23)37-18-8-6-16(7-9-18)21(35)22-32-19-4-2-3-5-20(19)33-22/h2-9,12-13,17,36H,10-11,14-15H2,1H3,(H,32,33)/t25-/m0/s1. The molecular weight excluding hydrogens is 487 g/mol. The number of hydrogen-bond donors (Lipinski definition) is 2. The van der Waals surface area contributed by atoms with Crippen LogP contribution in [0.5, 0.6) is 11.6 Å². The number of anilines is 1. The number of H-pyrrole nitrogens is 1. The van der Waals surface area contributed by atoms with Gasteiger partial charge in [0.15, 0.2) is 17.2 Å². The zero-order valence-corrected chi connectivity index (χ0v) is 19.9. The van der Waals surface area contributed by atoms with Crippen LogP contribution in [-0.4, -0.2) is 55.7 Å². The first-order valence-corrected chi connectivity index (χ1v) is 11.8. The van der Waals surface area contributed by atoms with Crippen LogP contribution in [0.15, 0.2) is 60.9 Å². The van der Waals surface area contributed by atoms with Crippen molar-refractivity contribution in [1.82, 2.24) is 19.9 Å². The second kappa shape index (κ2) is 9.47. The minimum atomic E-state index is -4.70. The molecule has 5 rings (SSSR count). The van der Waals surface area contributed by atoms with Crippen molar-refractivity contribution < 1.29 is 27.8 Å². The van der Waals surface area contributed by atoms with Crippen molar-refractivity contribution in [1.29, 1.82) is 0 Å². The minimum Gasteiger partial charge on any atom is -0.436 e. The Hall–Kier alpha value is -3.99. The lowest BCUT2D eigenvalue weighted by molar-refractivity contribution is -0.273. The van der Waals surface area contributed by atoms with Crippen LogP contribution in [0.25, 0.3) is 11.0 Å². The lowest BCUT2D eigenvalue weighted by Crippen LogP contribution is -2.52. The number of nitrogens with zero attached hydrogens (tertiary/aromatic N) is 4. The van der Waals surface area contributed by atoms with Crippen molar-refractivity contribution in [2.75, 3.05) is 18.0 Å². The predicted molar refractivity (Wildman–Crippen MR) is 130 cm³/mol. The molecule has 0 unspecified atom stereocenters. The quantitative estimate of drug-likeness (QED) is 0.355. The monoisotopic (exact) mass is 511 g/mol. The number of piperidine rings is 1. The third-order valence-electron chi connectivity index (χ3n) is 6.75. The number of imidazole rings is 1. The van der Waals surface area contributed by atoms with Crippen molar-refractivity contribution in [3.05, 3.63) is 72.3 Å². The highest BCUT2D eigenvalue weighted by Crippen LogP contribution is 2.41. The molecule has 8 nitrogen and oxygen atoms in total. The summed E-state index contributed by atoms with van der Waals surface area (Å²) in [5.74, 6) is 0.0638. The van der Waals surface area contributed by atoms with E-state index in [9.17, 15) is 23.1 Å². The van der Waals surface area contributed by atoms with Gasteiger partial charge in [0.1, 0.15) is 5.75 Å². The SMILES string of the molecule is C[C@](O)(C1CCN(c2nccnc2Oc2ccc(C(=O)c3nc4ccccc4[nH]3)cc2)CC1)C(F)(F)F. The number of aliphatic hydroxyl groups is 1. The fourth-order valence-corrected chi connectivity index (χ4v) is 4.47. The first-order chi connectivity index (χ1) is 17.6. The fourth-order valence-electron chi connectivity index (χ4n) is 4.47. The molecule has 2 N–H and O–H groups in total. The van der Waals surface area contributed by atoms with Gasteiger partial charge in [0.25, 0.3) is 5.88 Å². The van der Waals surface area contributed by atoms with E-state index < -0.39 is 17.7 Å². The number of hydrogen-bond acceptors (Lipinski definition) is 7. The van der Waals surface area contributed by atoms with Gasteiger partial charge in [-0.05, 0) is 62.1 Å². The number of aromatic amines is 1. The Morgan fingerprint density at radius 3 is 2.41 bits per heavy atom. The number of ether oxygens (including phenoxy) is 1. The number of carbonyl (C=O) groups excluding carboxylic acids is 1. The molecule has 1 aliphatic heterocycles. The first-order valence-electron chi connectivity index (χ1n) is 11.8. The van der Waals surface area contributed by atoms with E-state index in [2.05, 4.69) is 19.9 Å². The van der Waals surface area contributed by atoms with Crippen LogP contribution in [0.2, 0.25) is 0 Å². The number of nitrogens with one attached hydrogen (secondary N) is 1. The lowest BCUT2D eigenvalue weighted by atomic mass is 9.81. The van der Waals surface area contributed by atoms with Crippen molar-refractivity contribution in [3.8, 4) is 11.6 Å². The van der Waals surface area contributed by atoms with E-state index in [-0.39, 0.29) is 43.4 Å². The topological polar surface area (TPSA) is 104 Å². The average Bonchev–Trinajstić information content (AvgIpc) is 3.33. The van der Waals surface area contributed by atoms with E-state index in [1.807, 2.05) is 24.3 Å². The summed E-state index contributed by atoms with van der Waals surface area (Å²) in [6.45, 7) is 1.35. The summed E-state index contributed by atoms with van der Waals surface area (Å²) < 4.78 is 45.6. The molecule has 0 radical (unpaired) electrons. The maximum atomic E-state index is 13.2. The highest BCUT2D eigenvalue weighted by atomic mass is 19.4. The van der Waals surface area contributed by atoms with Crippen LogP contribution in [0, 0.1) is 5.92 Å². The number of halogens is 3. The molecule has 1 fully saturated rings. The van der Waals surface area contributed by atoms with E-state index >= 15 is 0 Å². The Bertz CT molecular complexity index is 1380. The number of carbonyl (C=O) groups is 1. The van der Waals surface area contributed by atoms with Gasteiger partial charge in [-0.3, -0.25) is 4.79 Å². The second-order valence-electron chi connectivity index (χ2n) is 9.15. The summed E-state index contributed by atoms with van der Waals surface area (Å²) >= 11 is 0. The summed E-state index contributed by atoms with van der Waals surface area (Å²) in [7, 11) is 0. The third kappa shape index (κ3) is 4.86. The number of para-hydroxylation sites is 2. The van der Waals surface area contributed by atoms with Crippen LogP contribution >= 0.6 is 0 Å². The average molecular weight is 512 g/mol. The predicted octanol–water partition coefficient (Wildman–Crippen LogP) is 4.91. The number of rotatable bonds is 6. The molecule has 1 aliphatic rings. The summed E-state index contributed by atoms with van der Waals surface area (Å²) in [6, 6.07) is 13.9. The van der Waals surface area contributed by atoms with Crippen molar-refractivity contribution in [2.45, 2.75) is 31.5 Å². The molecule has 0 spiro atoms. The van der Waals surface area contributed by atoms with Gasteiger partial charge in [-0.15, -0.1) is 0 Å². The number of ketones is 1. The van der Waals surface area contributed by atoms with Crippen LogP contribution < -0.4 is 9.64 Å². The van der Waals surface area contributed by atoms with Gasteiger partial charge >= 0.3 is 6.18 Å². The van der Waals surface area contributed by atoms with Gasteiger partial charge in [-0.25, -0.2) is 15.0 Å². The van der Waals surface area contributed by atoms with Gasteiger partial charge in [0.2, 0.25) is 5.78 Å². The van der Waals surface area contributed by atoms with Crippen LogP contribution in [0.3, 0.4) is 0 Å². The number of benzene rings is 2. The molecule has 0 amide bonds. The molecule has 11 heteroatoms. The molecule has 37 heavy (non-hydrogen) atoms. The van der Waals surface area contributed by atoms with Crippen LogP contribution in [0.1, 0.15) is 35.9 Å². The second-order valence-corrected chi connectivity index (χ2v) is 9.15. The number of alkyl halides is 3. The van der Waals surface area contributed by atoms with E-state index in [0.717, 1.165) is 12.4 Å². The maximum Gasteiger partial charge on any atom is 0.417 e. The molecule has 3 heterocycles. The molecule has 0 saturated carbocycles. The third-order valence-corrected chi connectivity index (χ3v) is 6.75. The molecule has 4 aromatic rings. The Balaban J connectivity index is 1.28. The Labute approximate surface area is 210 Å². The van der Waals surface area contributed by atoms with Crippen molar-refractivity contribution in [2.24, 2.45) is 5.92 Å². The summed E-state index contributed by atoms with van der Waals surface area (Å²) in [6.07, 6.45) is -1.48. The van der Waals surface area contributed by atoms with Crippen LogP contribution in [-0.2, 0) is 0 Å². The molecule has 1 atom stereocenters. The largest absolute Gasteiger partial charge is 0.436 e. The summed E-state index contributed by atoms with van der Waals surface area (Å²) in [5, 5.41) is 10.0. The zero-order valence-electron chi connectivity index (χ0n) is 19.9. The lowest BCUT2D eigenvalue weighted by Gasteiger charge is -2.40. The highest BCUT2D eigenvalue weighted by Gasteiger charge is 2.55.